The molecule has 2 fully saturated rings. The molecule has 3 rings (SSSR count). The summed E-state index contributed by atoms with van der Waals surface area (Å²) in [7, 11) is 1.56. The lowest BCUT2D eigenvalue weighted by atomic mass is 9.88. The topological polar surface area (TPSA) is 72.9 Å². The SMILES string of the molecule is CNC(=O)CC1(O)CCCN(C(=O)c2cc(C)ccc2N2CCCC2)C1. The van der Waals surface area contributed by atoms with Gasteiger partial charge in [-0.1, -0.05) is 11.6 Å². The summed E-state index contributed by atoms with van der Waals surface area (Å²) in [4.78, 5) is 29.0. The largest absolute Gasteiger partial charge is 0.388 e. The van der Waals surface area contributed by atoms with E-state index >= 15 is 0 Å². The highest BCUT2D eigenvalue weighted by atomic mass is 16.3. The molecule has 2 N–H and O–H groups in total. The van der Waals surface area contributed by atoms with Gasteiger partial charge in [-0.25, -0.2) is 0 Å². The predicted octanol–water partition coefficient (Wildman–Crippen LogP) is 1.70. The van der Waals surface area contributed by atoms with Crippen molar-refractivity contribution < 1.29 is 14.7 Å². The molecule has 2 amide bonds. The van der Waals surface area contributed by atoms with E-state index in [1.165, 1.54) is 0 Å². The van der Waals surface area contributed by atoms with Crippen molar-refractivity contribution in [3.05, 3.63) is 29.3 Å². The third-order valence-electron chi connectivity index (χ3n) is 5.44. The Morgan fingerprint density at radius 1 is 1.19 bits per heavy atom. The highest BCUT2D eigenvalue weighted by molar-refractivity contribution is 6.00. The third-order valence-corrected chi connectivity index (χ3v) is 5.44. The van der Waals surface area contributed by atoms with Crippen LogP contribution in [0.5, 0.6) is 0 Å². The molecular formula is C20H29N3O3. The van der Waals surface area contributed by atoms with Crippen molar-refractivity contribution in [2.24, 2.45) is 0 Å². The lowest BCUT2D eigenvalue weighted by Crippen LogP contribution is -2.52. The first-order valence-electron chi connectivity index (χ1n) is 9.50. The average molecular weight is 359 g/mol. The minimum atomic E-state index is -1.15. The summed E-state index contributed by atoms with van der Waals surface area (Å²) in [5.41, 5.74) is 1.59. The van der Waals surface area contributed by atoms with Gasteiger partial charge in [-0.3, -0.25) is 9.59 Å². The quantitative estimate of drug-likeness (QED) is 0.858. The van der Waals surface area contributed by atoms with Gasteiger partial charge in [0.1, 0.15) is 0 Å². The van der Waals surface area contributed by atoms with E-state index in [1.807, 2.05) is 25.1 Å². The zero-order valence-electron chi connectivity index (χ0n) is 15.8. The van der Waals surface area contributed by atoms with Gasteiger partial charge < -0.3 is 20.2 Å². The van der Waals surface area contributed by atoms with E-state index in [4.69, 9.17) is 0 Å². The van der Waals surface area contributed by atoms with E-state index in [-0.39, 0.29) is 24.8 Å². The molecule has 0 radical (unpaired) electrons. The predicted molar refractivity (Wildman–Crippen MR) is 101 cm³/mol. The molecule has 1 unspecified atom stereocenters. The number of carbonyl (C=O) groups excluding carboxylic acids is 2. The van der Waals surface area contributed by atoms with Gasteiger partial charge in [0.2, 0.25) is 5.91 Å². The van der Waals surface area contributed by atoms with Crippen LogP contribution in [0.1, 0.15) is 48.0 Å². The molecule has 2 heterocycles. The molecule has 0 aliphatic carbocycles. The number of carbonyl (C=O) groups is 2. The smallest absolute Gasteiger partial charge is 0.256 e. The Labute approximate surface area is 155 Å². The summed E-state index contributed by atoms with van der Waals surface area (Å²) in [6.45, 7) is 4.76. The van der Waals surface area contributed by atoms with Gasteiger partial charge >= 0.3 is 0 Å². The molecule has 142 valence electrons. The number of hydrogen-bond donors (Lipinski definition) is 2. The Bertz CT molecular complexity index is 685. The Morgan fingerprint density at radius 2 is 1.92 bits per heavy atom. The summed E-state index contributed by atoms with van der Waals surface area (Å²) < 4.78 is 0. The van der Waals surface area contributed by atoms with E-state index in [2.05, 4.69) is 10.2 Å². The van der Waals surface area contributed by atoms with Crippen LogP contribution in [0.2, 0.25) is 0 Å². The van der Waals surface area contributed by atoms with E-state index in [0.717, 1.165) is 37.2 Å². The van der Waals surface area contributed by atoms with E-state index < -0.39 is 5.60 Å². The number of benzene rings is 1. The first-order valence-corrected chi connectivity index (χ1v) is 9.50. The minimum Gasteiger partial charge on any atom is -0.388 e. The van der Waals surface area contributed by atoms with Crippen LogP contribution in [-0.2, 0) is 4.79 Å². The molecule has 0 saturated carbocycles. The number of anilines is 1. The van der Waals surface area contributed by atoms with Crippen molar-refractivity contribution in [2.75, 3.05) is 38.1 Å². The van der Waals surface area contributed by atoms with Crippen molar-refractivity contribution in [1.29, 1.82) is 0 Å². The Kier molecular flexibility index (Phi) is 5.51. The number of likely N-dealkylation sites (tertiary alicyclic amines) is 1. The number of nitrogens with zero attached hydrogens (tertiary/aromatic N) is 2. The van der Waals surface area contributed by atoms with Gasteiger partial charge in [0.15, 0.2) is 0 Å². The van der Waals surface area contributed by atoms with Crippen LogP contribution in [-0.4, -0.2) is 60.6 Å². The first kappa shape index (κ1) is 18.7. The van der Waals surface area contributed by atoms with E-state index in [1.54, 1.807) is 11.9 Å². The second kappa shape index (κ2) is 7.66. The van der Waals surface area contributed by atoms with Crippen LogP contribution >= 0.6 is 0 Å². The number of rotatable bonds is 4. The molecule has 2 aliphatic rings. The van der Waals surface area contributed by atoms with Crippen LogP contribution in [0.3, 0.4) is 0 Å². The van der Waals surface area contributed by atoms with Crippen molar-refractivity contribution in [3.63, 3.8) is 0 Å². The number of β-amino-alcohol motifs (C(OH)–C–C–N with tert-alkyl or cyclic N) is 1. The normalized spacial score (nSPS) is 23.2. The number of hydrogen-bond acceptors (Lipinski definition) is 4. The van der Waals surface area contributed by atoms with Crippen LogP contribution in [0.25, 0.3) is 0 Å². The van der Waals surface area contributed by atoms with E-state index in [9.17, 15) is 14.7 Å². The number of amides is 2. The maximum absolute atomic E-state index is 13.3. The highest BCUT2D eigenvalue weighted by Gasteiger charge is 2.37. The Morgan fingerprint density at radius 3 is 2.62 bits per heavy atom. The summed E-state index contributed by atoms with van der Waals surface area (Å²) >= 11 is 0. The molecule has 2 saturated heterocycles. The van der Waals surface area contributed by atoms with Gasteiger partial charge in [-0.15, -0.1) is 0 Å². The summed E-state index contributed by atoms with van der Waals surface area (Å²) in [5, 5.41) is 13.4. The Hall–Kier alpha value is -2.08. The molecular weight excluding hydrogens is 330 g/mol. The summed E-state index contributed by atoms with van der Waals surface area (Å²) in [5.74, 6) is -0.249. The zero-order chi connectivity index (χ0) is 18.7. The van der Waals surface area contributed by atoms with Crippen LogP contribution in [0, 0.1) is 6.92 Å². The Balaban J connectivity index is 1.82. The fourth-order valence-electron chi connectivity index (χ4n) is 4.04. The fourth-order valence-corrected chi connectivity index (χ4v) is 4.04. The van der Waals surface area contributed by atoms with Gasteiger partial charge in [0.25, 0.3) is 5.91 Å². The maximum atomic E-state index is 13.3. The highest BCUT2D eigenvalue weighted by Crippen LogP contribution is 2.30. The average Bonchev–Trinajstić information content (AvgIpc) is 3.15. The lowest BCUT2D eigenvalue weighted by molar-refractivity contribution is -0.127. The molecule has 0 aromatic heterocycles. The third kappa shape index (κ3) is 4.01. The number of aliphatic hydroxyl groups is 1. The molecule has 26 heavy (non-hydrogen) atoms. The van der Waals surface area contributed by atoms with E-state index in [0.29, 0.717) is 24.9 Å². The van der Waals surface area contributed by atoms with Gasteiger partial charge in [0.05, 0.1) is 24.1 Å². The van der Waals surface area contributed by atoms with Gasteiger partial charge in [-0.2, -0.15) is 0 Å². The first-order chi connectivity index (χ1) is 12.4. The second-order valence-electron chi connectivity index (χ2n) is 7.62. The van der Waals surface area contributed by atoms with Crippen molar-refractivity contribution >= 4 is 17.5 Å². The van der Waals surface area contributed by atoms with Gasteiger partial charge in [-0.05, 0) is 44.7 Å². The van der Waals surface area contributed by atoms with Crippen LogP contribution in [0.15, 0.2) is 18.2 Å². The number of piperidine rings is 1. The molecule has 1 aromatic carbocycles. The molecule has 6 nitrogen and oxygen atoms in total. The van der Waals surface area contributed by atoms with Crippen LogP contribution in [0.4, 0.5) is 5.69 Å². The maximum Gasteiger partial charge on any atom is 0.256 e. The van der Waals surface area contributed by atoms with Crippen LogP contribution < -0.4 is 10.2 Å². The van der Waals surface area contributed by atoms with Crippen molar-refractivity contribution in [3.8, 4) is 0 Å². The molecule has 2 aliphatic heterocycles. The zero-order valence-corrected chi connectivity index (χ0v) is 15.8. The van der Waals surface area contributed by atoms with Gasteiger partial charge in [0, 0.05) is 32.4 Å². The summed E-state index contributed by atoms with van der Waals surface area (Å²) in [6, 6.07) is 6.03. The molecule has 6 heteroatoms. The van der Waals surface area contributed by atoms with Crippen molar-refractivity contribution in [1.82, 2.24) is 10.2 Å². The monoisotopic (exact) mass is 359 g/mol. The standard InChI is InChI=1S/C20H29N3O3/c1-15-6-7-17(22-9-3-4-10-22)16(12-15)19(25)23-11-5-8-20(26,14-23)13-18(24)21-2/h6-7,12,26H,3-5,8-11,13-14H2,1-2H3,(H,21,24). The molecule has 0 bridgehead atoms. The fraction of sp³-hybridized carbons (Fsp3) is 0.600. The molecule has 0 spiro atoms. The minimum absolute atomic E-state index is 0.0279. The number of aryl methyl sites for hydroxylation is 1. The van der Waals surface area contributed by atoms with Crippen molar-refractivity contribution in [2.45, 2.75) is 44.6 Å². The lowest BCUT2D eigenvalue weighted by Gasteiger charge is -2.39. The summed E-state index contributed by atoms with van der Waals surface area (Å²) in [6.07, 6.45) is 3.56. The second-order valence-corrected chi connectivity index (χ2v) is 7.62. The molecule has 1 aromatic rings. The number of nitrogens with one attached hydrogen (secondary N) is 1. The molecule has 1 atom stereocenters.